The van der Waals surface area contributed by atoms with Crippen LogP contribution < -0.4 is 9.47 Å². The van der Waals surface area contributed by atoms with Crippen LogP contribution in [-0.2, 0) is 0 Å². The summed E-state index contributed by atoms with van der Waals surface area (Å²) in [5, 5.41) is 7.18. The van der Waals surface area contributed by atoms with Crippen molar-refractivity contribution in [2.45, 2.75) is 13.8 Å². The SMILES string of the molecule is COc1ccc(-c2n[nH]c(=S)c(C)c2C)cc1OC. The molecule has 100 valence electrons. The van der Waals surface area contributed by atoms with E-state index in [4.69, 9.17) is 21.7 Å². The third kappa shape index (κ3) is 2.46. The largest absolute Gasteiger partial charge is 0.493 e. The first kappa shape index (κ1) is 13.5. The summed E-state index contributed by atoms with van der Waals surface area (Å²) < 4.78 is 11.2. The number of ether oxygens (including phenoxy) is 2. The summed E-state index contributed by atoms with van der Waals surface area (Å²) >= 11 is 5.18. The first-order chi connectivity index (χ1) is 9.08. The number of aromatic nitrogens is 2. The Morgan fingerprint density at radius 3 is 2.37 bits per heavy atom. The van der Waals surface area contributed by atoms with Gasteiger partial charge < -0.3 is 9.47 Å². The molecule has 5 heteroatoms. The highest BCUT2D eigenvalue weighted by atomic mass is 32.1. The first-order valence-corrected chi connectivity index (χ1v) is 6.27. The number of nitrogens with one attached hydrogen (secondary N) is 1. The molecule has 0 saturated carbocycles. The zero-order valence-corrected chi connectivity index (χ0v) is 12.2. The average Bonchev–Trinajstić information content (AvgIpc) is 2.44. The molecule has 0 aliphatic rings. The second kappa shape index (κ2) is 5.40. The minimum atomic E-state index is 0.668. The predicted molar refractivity (Wildman–Crippen MR) is 77.4 cm³/mol. The van der Waals surface area contributed by atoms with Gasteiger partial charge in [-0.2, -0.15) is 5.10 Å². The molecular formula is C14H16N2O2S. The second-order valence-electron chi connectivity index (χ2n) is 4.22. The third-order valence-corrected chi connectivity index (χ3v) is 3.58. The van der Waals surface area contributed by atoms with Crippen molar-refractivity contribution in [2.75, 3.05) is 14.2 Å². The molecule has 0 aliphatic heterocycles. The Kier molecular flexibility index (Phi) is 3.85. The predicted octanol–water partition coefficient (Wildman–Crippen LogP) is 3.44. The van der Waals surface area contributed by atoms with Crippen LogP contribution in [0.1, 0.15) is 11.1 Å². The Labute approximate surface area is 117 Å². The maximum Gasteiger partial charge on any atom is 0.161 e. The molecule has 19 heavy (non-hydrogen) atoms. The fraction of sp³-hybridized carbons (Fsp3) is 0.286. The van der Waals surface area contributed by atoms with Crippen LogP contribution in [0.15, 0.2) is 18.2 Å². The molecule has 0 saturated heterocycles. The maximum atomic E-state index is 5.31. The molecule has 0 aliphatic carbocycles. The van der Waals surface area contributed by atoms with Gasteiger partial charge in [0.05, 0.1) is 19.9 Å². The van der Waals surface area contributed by atoms with Gasteiger partial charge in [-0.25, -0.2) is 0 Å². The van der Waals surface area contributed by atoms with E-state index in [1.54, 1.807) is 14.2 Å². The number of hydrogen-bond donors (Lipinski definition) is 1. The number of benzene rings is 1. The minimum Gasteiger partial charge on any atom is -0.493 e. The van der Waals surface area contributed by atoms with Crippen LogP contribution in [0.4, 0.5) is 0 Å². The number of H-pyrrole nitrogens is 1. The van der Waals surface area contributed by atoms with Crippen molar-refractivity contribution < 1.29 is 9.47 Å². The van der Waals surface area contributed by atoms with Gasteiger partial charge in [0.2, 0.25) is 0 Å². The number of nitrogens with zero attached hydrogens (tertiary/aromatic N) is 1. The molecule has 2 rings (SSSR count). The summed E-state index contributed by atoms with van der Waals surface area (Å²) in [6.07, 6.45) is 0. The molecule has 1 N–H and O–H groups in total. The quantitative estimate of drug-likeness (QED) is 0.872. The van der Waals surface area contributed by atoms with Gasteiger partial charge in [0, 0.05) is 5.56 Å². The van der Waals surface area contributed by atoms with Gasteiger partial charge in [0.1, 0.15) is 4.64 Å². The number of methoxy groups -OCH3 is 2. The highest BCUT2D eigenvalue weighted by molar-refractivity contribution is 7.71. The second-order valence-corrected chi connectivity index (χ2v) is 4.63. The first-order valence-electron chi connectivity index (χ1n) is 5.86. The van der Waals surface area contributed by atoms with Crippen LogP contribution in [0.3, 0.4) is 0 Å². The van der Waals surface area contributed by atoms with Gasteiger partial charge in [-0.05, 0) is 43.2 Å². The molecule has 1 aromatic heterocycles. The van der Waals surface area contributed by atoms with Gasteiger partial charge in [-0.3, -0.25) is 5.10 Å². The molecule has 1 heterocycles. The monoisotopic (exact) mass is 276 g/mol. The third-order valence-electron chi connectivity index (χ3n) is 3.18. The number of hydrogen-bond acceptors (Lipinski definition) is 4. The van der Waals surface area contributed by atoms with Crippen molar-refractivity contribution >= 4 is 12.2 Å². The Morgan fingerprint density at radius 1 is 1.05 bits per heavy atom. The van der Waals surface area contributed by atoms with Gasteiger partial charge in [0.25, 0.3) is 0 Å². The average molecular weight is 276 g/mol. The van der Waals surface area contributed by atoms with Crippen molar-refractivity contribution in [3.8, 4) is 22.8 Å². The van der Waals surface area contributed by atoms with E-state index in [-0.39, 0.29) is 0 Å². The zero-order chi connectivity index (χ0) is 14.0. The van der Waals surface area contributed by atoms with Crippen LogP contribution in [0, 0.1) is 18.5 Å². The Bertz CT molecular complexity index is 665. The highest BCUT2D eigenvalue weighted by Gasteiger charge is 2.11. The summed E-state index contributed by atoms with van der Waals surface area (Å²) in [4.78, 5) is 0. The Morgan fingerprint density at radius 2 is 1.74 bits per heavy atom. The molecule has 0 radical (unpaired) electrons. The fourth-order valence-electron chi connectivity index (χ4n) is 1.89. The summed E-state index contributed by atoms with van der Waals surface area (Å²) in [5.41, 5.74) is 3.93. The van der Waals surface area contributed by atoms with Crippen LogP contribution in [-0.4, -0.2) is 24.4 Å². The van der Waals surface area contributed by atoms with Crippen LogP contribution in [0.5, 0.6) is 11.5 Å². The molecule has 0 amide bonds. The van der Waals surface area contributed by atoms with Gasteiger partial charge in [-0.15, -0.1) is 0 Å². The van der Waals surface area contributed by atoms with E-state index < -0.39 is 0 Å². The van der Waals surface area contributed by atoms with E-state index in [1.807, 2.05) is 32.0 Å². The topological polar surface area (TPSA) is 47.1 Å². The lowest BCUT2D eigenvalue weighted by molar-refractivity contribution is 0.355. The van der Waals surface area contributed by atoms with Crippen molar-refractivity contribution in [1.29, 1.82) is 0 Å². The van der Waals surface area contributed by atoms with Gasteiger partial charge in [-0.1, -0.05) is 12.2 Å². The molecule has 0 spiro atoms. The lowest BCUT2D eigenvalue weighted by atomic mass is 10.0. The molecule has 4 nitrogen and oxygen atoms in total. The molecule has 0 bridgehead atoms. The summed E-state index contributed by atoms with van der Waals surface area (Å²) in [5.74, 6) is 1.38. The number of rotatable bonds is 3. The van der Waals surface area contributed by atoms with Crippen molar-refractivity contribution in [3.63, 3.8) is 0 Å². The van der Waals surface area contributed by atoms with E-state index in [0.717, 1.165) is 22.4 Å². The lowest BCUT2D eigenvalue weighted by Gasteiger charge is -2.11. The Balaban J connectivity index is 2.60. The van der Waals surface area contributed by atoms with Crippen molar-refractivity contribution in [2.24, 2.45) is 0 Å². The molecular weight excluding hydrogens is 260 g/mol. The maximum absolute atomic E-state index is 5.31. The molecule has 2 aromatic rings. The van der Waals surface area contributed by atoms with Crippen LogP contribution >= 0.6 is 12.2 Å². The standard InChI is InChI=1S/C14H16N2O2S/c1-8-9(2)14(19)16-15-13(8)10-5-6-11(17-3)12(7-10)18-4/h5-7H,1-4H3,(H,16,19). The van der Waals surface area contributed by atoms with E-state index in [2.05, 4.69) is 10.2 Å². The smallest absolute Gasteiger partial charge is 0.161 e. The van der Waals surface area contributed by atoms with Crippen LogP contribution in [0.25, 0.3) is 11.3 Å². The molecule has 0 fully saturated rings. The summed E-state index contributed by atoms with van der Waals surface area (Å²) in [6.45, 7) is 4.00. The van der Waals surface area contributed by atoms with E-state index >= 15 is 0 Å². The number of aromatic amines is 1. The molecule has 1 aromatic carbocycles. The van der Waals surface area contributed by atoms with E-state index in [0.29, 0.717) is 16.1 Å². The zero-order valence-electron chi connectivity index (χ0n) is 11.4. The minimum absolute atomic E-state index is 0.668. The van der Waals surface area contributed by atoms with Gasteiger partial charge >= 0.3 is 0 Å². The molecule has 0 unspecified atom stereocenters. The van der Waals surface area contributed by atoms with E-state index in [9.17, 15) is 0 Å². The van der Waals surface area contributed by atoms with Gasteiger partial charge in [0.15, 0.2) is 11.5 Å². The molecule has 0 atom stereocenters. The summed E-state index contributed by atoms with van der Waals surface area (Å²) in [7, 11) is 3.23. The normalized spacial score (nSPS) is 10.3. The van der Waals surface area contributed by atoms with E-state index in [1.165, 1.54) is 0 Å². The Hall–Kier alpha value is -1.88. The van der Waals surface area contributed by atoms with Crippen molar-refractivity contribution in [3.05, 3.63) is 34.0 Å². The van der Waals surface area contributed by atoms with Crippen LogP contribution in [0.2, 0.25) is 0 Å². The van der Waals surface area contributed by atoms with Crippen molar-refractivity contribution in [1.82, 2.24) is 10.2 Å². The lowest BCUT2D eigenvalue weighted by Crippen LogP contribution is -1.97. The summed E-state index contributed by atoms with van der Waals surface area (Å²) in [6, 6.07) is 5.73. The highest BCUT2D eigenvalue weighted by Crippen LogP contribution is 2.32. The fourth-order valence-corrected chi connectivity index (χ4v) is 2.09.